The molecule has 0 aliphatic rings. The number of unbranched alkanes of at least 4 members (excludes halogenated alkanes) is 1. The van der Waals surface area contributed by atoms with Crippen molar-refractivity contribution in [2.75, 3.05) is 6.26 Å². The Bertz CT molecular complexity index is 493. The van der Waals surface area contributed by atoms with Crippen molar-refractivity contribution in [2.45, 2.75) is 32.8 Å². The van der Waals surface area contributed by atoms with E-state index >= 15 is 0 Å². The lowest BCUT2D eigenvalue weighted by Crippen LogP contribution is -1.89. The highest BCUT2D eigenvalue weighted by atomic mass is 32.2. The number of furan rings is 1. The monoisotopic (exact) mass is 266 g/mol. The van der Waals surface area contributed by atoms with Crippen molar-refractivity contribution in [3.63, 3.8) is 0 Å². The first-order valence-electron chi connectivity index (χ1n) is 6.17. The van der Waals surface area contributed by atoms with Crippen LogP contribution in [0.25, 0.3) is 11.0 Å². The third kappa shape index (κ3) is 3.51. The summed E-state index contributed by atoms with van der Waals surface area (Å²) in [4.78, 5) is 5.02. The summed E-state index contributed by atoms with van der Waals surface area (Å²) in [7, 11) is 0. The van der Waals surface area contributed by atoms with Gasteiger partial charge in [-0.1, -0.05) is 19.4 Å². The SMILES string of the molecule is CCCCc1cc2cc(COOSC)ccc2o1. The Morgan fingerprint density at radius 2 is 2.17 bits per heavy atom. The van der Waals surface area contributed by atoms with Crippen molar-refractivity contribution in [2.24, 2.45) is 0 Å². The van der Waals surface area contributed by atoms with Crippen molar-refractivity contribution < 1.29 is 13.6 Å². The number of hydrogen-bond acceptors (Lipinski definition) is 4. The van der Waals surface area contributed by atoms with Crippen LogP contribution in [0.2, 0.25) is 0 Å². The fraction of sp³-hybridized carbons (Fsp3) is 0.429. The molecule has 3 nitrogen and oxygen atoms in total. The Morgan fingerprint density at radius 3 is 2.94 bits per heavy atom. The maximum atomic E-state index is 5.77. The summed E-state index contributed by atoms with van der Waals surface area (Å²) < 4.78 is 10.6. The summed E-state index contributed by atoms with van der Waals surface area (Å²) in [5.74, 6) is 1.06. The minimum absolute atomic E-state index is 0.451. The van der Waals surface area contributed by atoms with Gasteiger partial charge in [0.05, 0.1) is 0 Å². The highest BCUT2D eigenvalue weighted by Gasteiger charge is 2.04. The van der Waals surface area contributed by atoms with Gasteiger partial charge in [0.1, 0.15) is 18.0 Å². The average molecular weight is 266 g/mol. The standard InChI is InChI=1S/C14H18O3S/c1-3-4-5-13-9-12-8-11(10-15-17-18-2)6-7-14(12)16-13/h6-9H,3-5,10H2,1-2H3. The lowest BCUT2D eigenvalue weighted by molar-refractivity contribution is -0.201. The molecule has 0 aliphatic carbocycles. The summed E-state index contributed by atoms with van der Waals surface area (Å²) in [5.41, 5.74) is 2.02. The van der Waals surface area contributed by atoms with Gasteiger partial charge in [-0.05, 0) is 30.2 Å². The molecule has 0 radical (unpaired) electrons. The van der Waals surface area contributed by atoms with Crippen LogP contribution in [0, 0.1) is 0 Å². The van der Waals surface area contributed by atoms with Crippen LogP contribution in [-0.4, -0.2) is 6.26 Å². The van der Waals surface area contributed by atoms with E-state index in [1.54, 1.807) is 0 Å². The second-order valence-corrected chi connectivity index (χ2v) is 4.65. The third-order valence-corrected chi connectivity index (χ3v) is 2.98. The summed E-state index contributed by atoms with van der Waals surface area (Å²) in [5, 5.41) is 1.13. The van der Waals surface area contributed by atoms with Gasteiger partial charge in [0.2, 0.25) is 0 Å². The minimum atomic E-state index is 0.451. The number of fused-ring (bicyclic) bond motifs is 1. The van der Waals surface area contributed by atoms with E-state index < -0.39 is 0 Å². The lowest BCUT2D eigenvalue weighted by Gasteiger charge is -2.00. The maximum Gasteiger partial charge on any atom is 0.134 e. The Balaban J connectivity index is 2.07. The highest BCUT2D eigenvalue weighted by Crippen LogP contribution is 2.22. The van der Waals surface area contributed by atoms with Crippen molar-refractivity contribution >= 4 is 23.0 Å². The lowest BCUT2D eigenvalue weighted by atomic mass is 10.1. The Hall–Kier alpha value is -0.970. The molecule has 1 aromatic heterocycles. The number of benzene rings is 1. The van der Waals surface area contributed by atoms with Crippen molar-refractivity contribution in [1.82, 2.24) is 0 Å². The van der Waals surface area contributed by atoms with Gasteiger partial charge in [-0.15, -0.1) is 0 Å². The molecule has 0 bridgehead atoms. The van der Waals surface area contributed by atoms with Crippen LogP contribution in [-0.2, 0) is 22.2 Å². The van der Waals surface area contributed by atoms with Gasteiger partial charge in [0.15, 0.2) is 0 Å². The summed E-state index contributed by atoms with van der Waals surface area (Å²) in [6.45, 7) is 2.64. The van der Waals surface area contributed by atoms with Gasteiger partial charge in [-0.2, -0.15) is 4.33 Å². The molecule has 0 aliphatic heterocycles. The molecule has 4 heteroatoms. The van der Waals surface area contributed by atoms with E-state index in [9.17, 15) is 0 Å². The van der Waals surface area contributed by atoms with Crippen molar-refractivity contribution in [3.8, 4) is 0 Å². The van der Waals surface area contributed by atoms with Gasteiger partial charge in [0, 0.05) is 30.1 Å². The predicted molar refractivity (Wildman–Crippen MR) is 74.2 cm³/mol. The van der Waals surface area contributed by atoms with Crippen LogP contribution in [0.15, 0.2) is 28.7 Å². The first kappa shape index (κ1) is 13.5. The molecular weight excluding hydrogens is 248 g/mol. The molecule has 2 rings (SSSR count). The summed E-state index contributed by atoms with van der Waals surface area (Å²) in [6, 6.07) is 8.18. The molecule has 0 spiro atoms. The van der Waals surface area contributed by atoms with E-state index in [2.05, 4.69) is 19.1 Å². The first-order valence-corrected chi connectivity index (χ1v) is 7.32. The molecule has 0 saturated carbocycles. The van der Waals surface area contributed by atoms with E-state index in [1.807, 2.05) is 18.4 Å². The fourth-order valence-corrected chi connectivity index (χ4v) is 2.00. The van der Waals surface area contributed by atoms with Crippen LogP contribution in [0.5, 0.6) is 0 Å². The third-order valence-electron chi connectivity index (χ3n) is 2.75. The molecule has 98 valence electrons. The number of aryl methyl sites for hydroxylation is 1. The molecule has 0 unspecified atom stereocenters. The normalized spacial score (nSPS) is 11.2. The van der Waals surface area contributed by atoms with E-state index in [-0.39, 0.29) is 0 Å². The molecule has 0 saturated heterocycles. The Labute approximate surface area is 112 Å². The molecule has 0 fully saturated rings. The summed E-state index contributed by atoms with van der Waals surface area (Å²) >= 11 is 1.20. The molecular formula is C14H18O3S. The van der Waals surface area contributed by atoms with Gasteiger partial charge in [0.25, 0.3) is 0 Å². The zero-order valence-corrected chi connectivity index (χ0v) is 11.6. The van der Waals surface area contributed by atoms with E-state index in [0.29, 0.717) is 6.61 Å². The molecule has 0 amide bonds. The quantitative estimate of drug-likeness (QED) is 0.319. The molecule has 18 heavy (non-hydrogen) atoms. The van der Waals surface area contributed by atoms with Crippen LogP contribution < -0.4 is 0 Å². The Morgan fingerprint density at radius 1 is 1.28 bits per heavy atom. The smallest absolute Gasteiger partial charge is 0.134 e. The first-order chi connectivity index (χ1) is 8.83. The largest absolute Gasteiger partial charge is 0.461 e. The minimum Gasteiger partial charge on any atom is -0.461 e. The number of rotatable bonds is 7. The predicted octanol–water partition coefficient (Wildman–Crippen LogP) is 4.50. The highest BCUT2D eigenvalue weighted by molar-refractivity contribution is 7.93. The summed E-state index contributed by atoms with van der Waals surface area (Å²) in [6.07, 6.45) is 5.17. The van der Waals surface area contributed by atoms with Gasteiger partial charge < -0.3 is 4.42 Å². The zero-order chi connectivity index (χ0) is 12.8. The number of hydrogen-bond donors (Lipinski definition) is 0. The molecule has 1 heterocycles. The second kappa shape index (κ2) is 6.83. The van der Waals surface area contributed by atoms with E-state index in [4.69, 9.17) is 13.6 Å². The van der Waals surface area contributed by atoms with Crippen LogP contribution in [0.1, 0.15) is 31.1 Å². The molecule has 2 aromatic rings. The van der Waals surface area contributed by atoms with Gasteiger partial charge in [-0.3, -0.25) is 0 Å². The molecule has 0 N–H and O–H groups in total. The fourth-order valence-electron chi connectivity index (χ4n) is 1.85. The molecule has 0 atom stereocenters. The van der Waals surface area contributed by atoms with E-state index in [0.717, 1.165) is 35.1 Å². The van der Waals surface area contributed by atoms with Gasteiger partial charge in [-0.25, -0.2) is 4.89 Å². The Kier molecular flexibility index (Phi) is 5.11. The second-order valence-electron chi connectivity index (χ2n) is 4.19. The van der Waals surface area contributed by atoms with Crippen LogP contribution in [0.4, 0.5) is 0 Å². The molecule has 1 aromatic carbocycles. The van der Waals surface area contributed by atoms with Crippen LogP contribution in [0.3, 0.4) is 0 Å². The van der Waals surface area contributed by atoms with E-state index in [1.165, 1.54) is 18.5 Å². The van der Waals surface area contributed by atoms with Crippen molar-refractivity contribution in [3.05, 3.63) is 35.6 Å². The van der Waals surface area contributed by atoms with Crippen molar-refractivity contribution in [1.29, 1.82) is 0 Å². The van der Waals surface area contributed by atoms with Gasteiger partial charge >= 0.3 is 0 Å². The van der Waals surface area contributed by atoms with Crippen LogP contribution >= 0.6 is 12.0 Å². The average Bonchev–Trinajstić information content (AvgIpc) is 2.78. The zero-order valence-electron chi connectivity index (χ0n) is 10.8. The maximum absolute atomic E-state index is 5.77. The topological polar surface area (TPSA) is 31.6 Å².